The van der Waals surface area contributed by atoms with Crippen molar-refractivity contribution in [1.29, 1.82) is 0 Å². The Morgan fingerprint density at radius 1 is 1.04 bits per heavy atom. The van der Waals surface area contributed by atoms with Crippen molar-refractivity contribution >= 4 is 11.6 Å². The second kappa shape index (κ2) is 6.70. The van der Waals surface area contributed by atoms with Crippen molar-refractivity contribution in [3.63, 3.8) is 0 Å². The summed E-state index contributed by atoms with van der Waals surface area (Å²) in [5.41, 5.74) is 3.69. The molecule has 0 N–H and O–H groups in total. The second-order valence-corrected chi connectivity index (χ2v) is 9.46. The molecule has 0 unspecified atom stereocenters. The van der Waals surface area contributed by atoms with Gasteiger partial charge in [-0.2, -0.15) is 0 Å². The molecule has 0 aliphatic carbocycles. The Morgan fingerprint density at radius 3 is 2.29 bits per heavy atom. The van der Waals surface area contributed by atoms with Gasteiger partial charge in [0, 0.05) is 23.2 Å². The molecule has 1 fully saturated rings. The fourth-order valence-corrected chi connectivity index (χ4v) is 4.57. The highest BCUT2D eigenvalue weighted by atomic mass is 19.1. The average Bonchev–Trinajstić information content (AvgIpc) is 2.97. The Bertz CT molecular complexity index is 890. The molecule has 0 saturated carbocycles. The Labute approximate surface area is 167 Å². The van der Waals surface area contributed by atoms with E-state index in [1.807, 2.05) is 29.2 Å². The number of fused-ring (bicyclic) bond motifs is 2. The largest absolute Gasteiger partial charge is 0.307 e. The molecule has 1 amide bonds. The number of hydrogen-bond donors (Lipinski definition) is 0. The van der Waals surface area contributed by atoms with Gasteiger partial charge in [-0.3, -0.25) is 4.79 Å². The van der Waals surface area contributed by atoms with Gasteiger partial charge in [0.05, 0.1) is 0 Å². The molecule has 1 spiro atoms. The van der Waals surface area contributed by atoms with E-state index in [1.54, 1.807) is 12.1 Å². The Morgan fingerprint density at radius 2 is 1.68 bits per heavy atom. The number of halogens is 1. The monoisotopic (exact) mass is 380 g/mol. The average molecular weight is 381 g/mol. The molecule has 0 atom stereocenters. The van der Waals surface area contributed by atoms with Crippen LogP contribution >= 0.6 is 0 Å². The lowest BCUT2D eigenvalue weighted by Gasteiger charge is -2.38. The Balaban J connectivity index is 1.68. The Hall–Kier alpha value is -2.20. The number of likely N-dealkylation sites (tertiary alicyclic amines) is 1. The van der Waals surface area contributed by atoms with Crippen molar-refractivity contribution in [1.82, 2.24) is 4.90 Å². The summed E-state index contributed by atoms with van der Waals surface area (Å²) in [6.07, 6.45) is 1.90. The van der Waals surface area contributed by atoms with Crippen LogP contribution in [-0.2, 0) is 10.8 Å². The van der Waals surface area contributed by atoms with Crippen molar-refractivity contribution in [3.05, 3.63) is 65.0 Å². The number of piperidine rings is 1. The molecule has 0 bridgehead atoms. The van der Waals surface area contributed by atoms with E-state index in [-0.39, 0.29) is 22.6 Å². The van der Waals surface area contributed by atoms with Crippen LogP contribution in [0.25, 0.3) is 0 Å². The lowest BCUT2D eigenvalue weighted by molar-refractivity contribution is 0.0979. The number of carbonyl (C=O) groups is 1. The number of anilines is 1. The number of nitrogens with zero attached hydrogens (tertiary/aromatic N) is 2. The van der Waals surface area contributed by atoms with Gasteiger partial charge < -0.3 is 9.80 Å². The zero-order valence-electron chi connectivity index (χ0n) is 17.3. The molecule has 0 radical (unpaired) electrons. The lowest BCUT2D eigenvalue weighted by atomic mass is 9.74. The maximum atomic E-state index is 14.1. The van der Waals surface area contributed by atoms with Crippen LogP contribution in [0.15, 0.2) is 42.5 Å². The van der Waals surface area contributed by atoms with Crippen molar-refractivity contribution in [2.75, 3.05) is 31.6 Å². The summed E-state index contributed by atoms with van der Waals surface area (Å²) in [5.74, 6) is -0.218. The first-order chi connectivity index (χ1) is 13.2. The number of carbonyl (C=O) groups excluding carboxylic acids is 1. The van der Waals surface area contributed by atoms with Crippen LogP contribution in [0.3, 0.4) is 0 Å². The molecule has 3 nitrogen and oxygen atoms in total. The molecule has 2 heterocycles. The van der Waals surface area contributed by atoms with Gasteiger partial charge in [-0.05, 0) is 79.9 Å². The maximum absolute atomic E-state index is 14.1. The van der Waals surface area contributed by atoms with Crippen LogP contribution in [-0.4, -0.2) is 37.5 Å². The zero-order valence-corrected chi connectivity index (χ0v) is 17.3. The van der Waals surface area contributed by atoms with Crippen molar-refractivity contribution in [3.8, 4) is 0 Å². The molecule has 2 aliphatic rings. The summed E-state index contributed by atoms with van der Waals surface area (Å²) in [6.45, 7) is 9.08. The van der Waals surface area contributed by atoms with Crippen LogP contribution in [0.5, 0.6) is 0 Å². The molecule has 4 rings (SSSR count). The van der Waals surface area contributed by atoms with E-state index in [1.165, 1.54) is 11.6 Å². The lowest BCUT2D eigenvalue weighted by Crippen LogP contribution is -2.44. The first-order valence-electron chi connectivity index (χ1n) is 10.1. The van der Waals surface area contributed by atoms with E-state index < -0.39 is 0 Å². The second-order valence-electron chi connectivity index (χ2n) is 9.46. The summed E-state index contributed by atoms with van der Waals surface area (Å²) in [5, 5.41) is 0. The van der Waals surface area contributed by atoms with Gasteiger partial charge in [0.2, 0.25) is 0 Å². The van der Waals surface area contributed by atoms with Crippen LogP contribution in [0.1, 0.15) is 55.1 Å². The van der Waals surface area contributed by atoms with E-state index in [9.17, 15) is 9.18 Å². The van der Waals surface area contributed by atoms with E-state index in [2.05, 4.69) is 32.7 Å². The summed E-state index contributed by atoms with van der Waals surface area (Å²) in [6, 6.07) is 12.8. The van der Waals surface area contributed by atoms with Crippen molar-refractivity contribution < 1.29 is 9.18 Å². The summed E-state index contributed by atoms with van der Waals surface area (Å²) < 4.78 is 14.1. The van der Waals surface area contributed by atoms with Gasteiger partial charge in [0.15, 0.2) is 0 Å². The molecule has 2 aromatic carbocycles. The first-order valence-corrected chi connectivity index (χ1v) is 10.1. The van der Waals surface area contributed by atoms with E-state index >= 15 is 0 Å². The van der Waals surface area contributed by atoms with Gasteiger partial charge in [-0.1, -0.05) is 32.9 Å². The van der Waals surface area contributed by atoms with Gasteiger partial charge in [0.1, 0.15) is 5.82 Å². The fourth-order valence-electron chi connectivity index (χ4n) is 4.57. The molecule has 2 aromatic rings. The first kappa shape index (κ1) is 19.1. The molecule has 1 saturated heterocycles. The predicted octanol–water partition coefficient (Wildman–Crippen LogP) is 4.75. The summed E-state index contributed by atoms with van der Waals surface area (Å²) in [4.78, 5) is 17.5. The molecule has 2 aliphatic heterocycles. The molecule has 4 heteroatoms. The summed E-state index contributed by atoms with van der Waals surface area (Å²) in [7, 11) is 2.12. The fraction of sp³-hybridized carbons (Fsp3) is 0.458. The third-order valence-electron chi connectivity index (χ3n) is 6.47. The minimum atomic E-state index is -0.221. The minimum Gasteiger partial charge on any atom is -0.307 e. The van der Waals surface area contributed by atoms with Crippen LogP contribution in [0, 0.1) is 5.82 Å². The van der Waals surface area contributed by atoms with E-state index in [4.69, 9.17) is 0 Å². The Kier molecular flexibility index (Phi) is 4.58. The molecular weight excluding hydrogens is 351 g/mol. The number of amides is 1. The van der Waals surface area contributed by atoms with Gasteiger partial charge >= 0.3 is 0 Å². The minimum absolute atomic E-state index is 0.00382. The van der Waals surface area contributed by atoms with Crippen molar-refractivity contribution in [2.24, 2.45) is 0 Å². The SMILES string of the molecule is CN1CCC2(CC1)CN(C(=O)c1ccc(C(C)(C)C)cc1)c1ccc(F)cc12. The number of hydrogen-bond acceptors (Lipinski definition) is 2. The highest BCUT2D eigenvalue weighted by molar-refractivity contribution is 6.07. The summed E-state index contributed by atoms with van der Waals surface area (Å²) >= 11 is 0. The normalized spacial score (nSPS) is 19.1. The number of rotatable bonds is 1. The third-order valence-corrected chi connectivity index (χ3v) is 6.47. The number of benzene rings is 2. The predicted molar refractivity (Wildman–Crippen MR) is 112 cm³/mol. The third kappa shape index (κ3) is 3.24. The van der Waals surface area contributed by atoms with Gasteiger partial charge in [-0.25, -0.2) is 4.39 Å². The smallest absolute Gasteiger partial charge is 0.258 e. The van der Waals surface area contributed by atoms with Gasteiger partial charge in [0.25, 0.3) is 5.91 Å². The maximum Gasteiger partial charge on any atom is 0.258 e. The molecule has 0 aromatic heterocycles. The van der Waals surface area contributed by atoms with Crippen LogP contribution in [0.4, 0.5) is 10.1 Å². The zero-order chi connectivity index (χ0) is 20.1. The molecule has 28 heavy (non-hydrogen) atoms. The molecule has 148 valence electrons. The highest BCUT2D eigenvalue weighted by Crippen LogP contribution is 2.47. The van der Waals surface area contributed by atoms with Gasteiger partial charge in [-0.15, -0.1) is 0 Å². The quantitative estimate of drug-likeness (QED) is 0.713. The standard InChI is InChI=1S/C24H29FN2O/c1-23(2,3)18-7-5-17(6-8-18)22(28)27-16-24(11-13-26(4)14-12-24)20-15-19(25)9-10-21(20)27/h5-10,15H,11-14,16H2,1-4H3. The van der Waals surface area contributed by atoms with Crippen molar-refractivity contribution in [2.45, 2.75) is 44.4 Å². The highest BCUT2D eigenvalue weighted by Gasteiger charge is 2.46. The van der Waals surface area contributed by atoms with Crippen LogP contribution < -0.4 is 4.90 Å². The van der Waals surface area contributed by atoms with E-state index in [0.717, 1.165) is 37.2 Å². The molecular formula is C24H29FN2O. The van der Waals surface area contributed by atoms with Crippen LogP contribution in [0.2, 0.25) is 0 Å². The van der Waals surface area contributed by atoms with E-state index in [0.29, 0.717) is 12.1 Å². The topological polar surface area (TPSA) is 23.6 Å².